The minimum absolute atomic E-state index is 0.0960. The molecular weight excluding hydrogens is 358 g/mol. The van der Waals surface area contributed by atoms with Crippen LogP contribution in [0.4, 0.5) is 0 Å². The molecule has 1 amide bonds. The van der Waals surface area contributed by atoms with Crippen molar-refractivity contribution in [3.05, 3.63) is 58.4 Å². The lowest BCUT2D eigenvalue weighted by molar-refractivity contribution is 0.0949. The molecule has 4 aromatic rings. The summed E-state index contributed by atoms with van der Waals surface area (Å²) >= 11 is 0. The molecule has 3 aromatic heterocycles. The average molecular weight is 379 g/mol. The monoisotopic (exact) mass is 379 g/mol. The second-order valence-electron chi connectivity index (χ2n) is 6.57. The molecule has 0 aliphatic carbocycles. The fraction of sp³-hybridized carbons (Fsp3) is 0.316. The van der Waals surface area contributed by atoms with Crippen LogP contribution in [0.2, 0.25) is 0 Å². The van der Waals surface area contributed by atoms with Gasteiger partial charge in [-0.25, -0.2) is 9.38 Å². The van der Waals surface area contributed by atoms with Crippen LogP contribution in [0.3, 0.4) is 0 Å². The van der Waals surface area contributed by atoms with E-state index in [2.05, 4.69) is 32.4 Å². The van der Waals surface area contributed by atoms with E-state index >= 15 is 0 Å². The number of nitrogens with one attached hydrogen (secondary N) is 2. The largest absolute Gasteiger partial charge is 0.345 e. The van der Waals surface area contributed by atoms with Gasteiger partial charge in [-0.1, -0.05) is 38.0 Å². The molecule has 0 saturated heterocycles. The zero-order valence-corrected chi connectivity index (χ0v) is 15.6. The van der Waals surface area contributed by atoms with Crippen molar-refractivity contribution in [2.24, 2.45) is 0 Å². The molecule has 144 valence electrons. The van der Waals surface area contributed by atoms with Crippen molar-refractivity contribution in [2.45, 2.75) is 39.3 Å². The van der Waals surface area contributed by atoms with E-state index in [1.165, 1.54) is 10.7 Å². The Hall–Kier alpha value is -3.49. The first kappa shape index (κ1) is 17.9. The van der Waals surface area contributed by atoms with Crippen molar-refractivity contribution in [1.82, 2.24) is 34.4 Å². The molecule has 0 saturated carbocycles. The smallest absolute Gasteiger partial charge is 0.286 e. The molecule has 0 atom stereocenters. The zero-order chi connectivity index (χ0) is 19.5. The number of carbonyl (C=O) groups excluding carboxylic acids is 1. The average Bonchev–Trinajstić information content (AvgIpc) is 3.37. The molecule has 0 aliphatic rings. The number of rotatable bonds is 7. The summed E-state index contributed by atoms with van der Waals surface area (Å²) in [6.07, 6.45) is 4.61. The number of nitrogens with zero attached hydrogens (tertiary/aromatic N) is 5. The van der Waals surface area contributed by atoms with Gasteiger partial charge in [0.15, 0.2) is 11.5 Å². The zero-order valence-electron chi connectivity index (χ0n) is 15.6. The first-order valence-electron chi connectivity index (χ1n) is 9.34. The minimum atomic E-state index is -0.275. The number of hydrogen-bond acceptors (Lipinski definition) is 5. The summed E-state index contributed by atoms with van der Waals surface area (Å²) in [5.41, 5.74) is 1.24. The minimum Gasteiger partial charge on any atom is -0.345 e. The molecule has 9 heteroatoms. The van der Waals surface area contributed by atoms with Crippen molar-refractivity contribution < 1.29 is 4.79 Å². The van der Waals surface area contributed by atoms with Crippen LogP contribution in [-0.2, 0) is 13.1 Å². The van der Waals surface area contributed by atoms with E-state index in [0.717, 1.165) is 19.3 Å². The van der Waals surface area contributed by atoms with Crippen molar-refractivity contribution in [3.63, 3.8) is 0 Å². The fourth-order valence-electron chi connectivity index (χ4n) is 3.24. The van der Waals surface area contributed by atoms with Crippen LogP contribution in [0, 0.1) is 0 Å². The van der Waals surface area contributed by atoms with E-state index in [-0.39, 0.29) is 18.0 Å². The van der Waals surface area contributed by atoms with Crippen LogP contribution < -0.4 is 10.9 Å². The summed E-state index contributed by atoms with van der Waals surface area (Å²) in [6.45, 7) is 2.92. The van der Waals surface area contributed by atoms with E-state index in [4.69, 9.17) is 0 Å². The number of hydrogen-bond donors (Lipinski definition) is 2. The molecule has 28 heavy (non-hydrogen) atoms. The molecule has 4 rings (SSSR count). The summed E-state index contributed by atoms with van der Waals surface area (Å²) in [5, 5.41) is 11.2. The van der Waals surface area contributed by atoms with Gasteiger partial charge in [0.2, 0.25) is 5.78 Å². The van der Waals surface area contributed by atoms with Gasteiger partial charge in [0.25, 0.3) is 11.5 Å². The van der Waals surface area contributed by atoms with Crippen molar-refractivity contribution in [2.75, 3.05) is 0 Å². The molecule has 0 radical (unpaired) electrons. The molecule has 0 fully saturated rings. The van der Waals surface area contributed by atoms with Crippen LogP contribution in [0.5, 0.6) is 0 Å². The Morgan fingerprint density at radius 3 is 2.79 bits per heavy atom. The quantitative estimate of drug-likeness (QED) is 0.477. The summed E-state index contributed by atoms with van der Waals surface area (Å²) in [5.74, 6) is 0.581. The Morgan fingerprint density at radius 2 is 2.00 bits per heavy atom. The number of carbonyl (C=O) groups is 1. The second-order valence-corrected chi connectivity index (χ2v) is 6.57. The van der Waals surface area contributed by atoms with Gasteiger partial charge in [-0.15, -0.1) is 10.2 Å². The van der Waals surface area contributed by atoms with Crippen molar-refractivity contribution in [1.29, 1.82) is 0 Å². The number of fused-ring (bicyclic) bond motifs is 2. The number of benzene rings is 1. The number of imidazole rings is 1. The van der Waals surface area contributed by atoms with Crippen LogP contribution in [-0.4, -0.2) is 35.0 Å². The molecule has 0 aliphatic heterocycles. The predicted octanol–water partition coefficient (Wildman–Crippen LogP) is 1.89. The number of unbranched alkanes of at least 4 members (excludes halogenated alkanes) is 2. The SMILES string of the molecule is CCCCCn1c2nc[nH]c2c(=O)n2c(CNC(=O)c3ccccc3)nnc12. The topological polar surface area (TPSA) is 110 Å². The Bertz CT molecular complexity index is 1170. The van der Waals surface area contributed by atoms with E-state index in [1.54, 1.807) is 24.3 Å². The van der Waals surface area contributed by atoms with Gasteiger partial charge in [-0.05, 0) is 18.6 Å². The first-order valence-corrected chi connectivity index (χ1v) is 9.34. The van der Waals surface area contributed by atoms with E-state index in [9.17, 15) is 9.59 Å². The van der Waals surface area contributed by atoms with E-state index in [0.29, 0.717) is 34.9 Å². The molecule has 0 spiro atoms. The van der Waals surface area contributed by atoms with Crippen molar-refractivity contribution in [3.8, 4) is 0 Å². The fourth-order valence-corrected chi connectivity index (χ4v) is 3.24. The summed E-state index contributed by atoms with van der Waals surface area (Å²) in [4.78, 5) is 32.4. The maximum absolute atomic E-state index is 12.9. The third-order valence-electron chi connectivity index (χ3n) is 4.67. The molecule has 3 heterocycles. The number of H-pyrrole nitrogens is 1. The number of aryl methyl sites for hydroxylation is 1. The summed E-state index contributed by atoms with van der Waals surface area (Å²) in [6, 6.07) is 8.90. The predicted molar refractivity (Wildman–Crippen MR) is 104 cm³/mol. The molecule has 2 N–H and O–H groups in total. The molecule has 9 nitrogen and oxygen atoms in total. The van der Waals surface area contributed by atoms with Crippen LogP contribution in [0.15, 0.2) is 41.5 Å². The molecule has 0 unspecified atom stereocenters. The third-order valence-corrected chi connectivity index (χ3v) is 4.67. The van der Waals surface area contributed by atoms with E-state index < -0.39 is 0 Å². The van der Waals surface area contributed by atoms with Gasteiger partial charge < -0.3 is 10.3 Å². The van der Waals surface area contributed by atoms with Gasteiger partial charge in [0, 0.05) is 12.1 Å². The lowest BCUT2D eigenvalue weighted by atomic mass is 10.2. The number of aromatic amines is 1. The van der Waals surface area contributed by atoms with Gasteiger partial charge >= 0.3 is 0 Å². The Morgan fingerprint density at radius 1 is 1.18 bits per heavy atom. The first-order chi connectivity index (χ1) is 13.7. The lowest BCUT2D eigenvalue weighted by Crippen LogP contribution is -2.27. The normalized spacial score (nSPS) is 11.3. The highest BCUT2D eigenvalue weighted by Crippen LogP contribution is 2.12. The maximum Gasteiger partial charge on any atom is 0.286 e. The van der Waals surface area contributed by atoms with Gasteiger partial charge in [-0.3, -0.25) is 14.2 Å². The summed E-state index contributed by atoms with van der Waals surface area (Å²) < 4.78 is 3.34. The molecular formula is C19H21N7O2. The number of aromatic nitrogens is 6. The second kappa shape index (κ2) is 7.63. The van der Waals surface area contributed by atoms with E-state index in [1.807, 2.05) is 10.6 Å². The highest BCUT2D eigenvalue weighted by molar-refractivity contribution is 5.94. The maximum atomic E-state index is 12.9. The number of amides is 1. The molecule has 1 aromatic carbocycles. The molecule has 0 bridgehead atoms. The highest BCUT2D eigenvalue weighted by atomic mass is 16.1. The van der Waals surface area contributed by atoms with Crippen LogP contribution in [0.25, 0.3) is 16.9 Å². The summed E-state index contributed by atoms with van der Waals surface area (Å²) in [7, 11) is 0. The van der Waals surface area contributed by atoms with Gasteiger partial charge in [-0.2, -0.15) is 0 Å². The van der Waals surface area contributed by atoms with Gasteiger partial charge in [0.1, 0.15) is 5.52 Å². The Kier molecular flexibility index (Phi) is 4.88. The van der Waals surface area contributed by atoms with Crippen molar-refractivity contribution >= 4 is 22.8 Å². The standard InChI is InChI=1S/C19H21N7O2/c1-2-3-7-10-25-16-15(21-12-22-16)18(28)26-14(23-24-19(25)26)11-20-17(27)13-8-5-4-6-9-13/h4-6,8-9,12H,2-3,7,10-11H2,1H3,(H,20,27)(H,21,22). The van der Waals surface area contributed by atoms with Crippen LogP contribution in [0.1, 0.15) is 42.4 Å². The highest BCUT2D eigenvalue weighted by Gasteiger charge is 2.18. The van der Waals surface area contributed by atoms with Crippen LogP contribution >= 0.6 is 0 Å². The third kappa shape index (κ3) is 3.15. The lowest BCUT2D eigenvalue weighted by Gasteiger charge is -2.09. The van der Waals surface area contributed by atoms with Gasteiger partial charge in [0.05, 0.1) is 12.9 Å². The Labute approximate surface area is 160 Å². The Balaban J connectivity index is 1.69.